The second-order valence-corrected chi connectivity index (χ2v) is 6.94. The maximum atomic E-state index is 14.6. The van der Waals surface area contributed by atoms with Crippen LogP contribution in [0.25, 0.3) is 22.4 Å². The van der Waals surface area contributed by atoms with Crippen molar-refractivity contribution < 1.29 is 31.4 Å². The van der Waals surface area contributed by atoms with E-state index in [1.165, 1.54) is 18.0 Å². The Bertz CT molecular complexity index is 1300. The van der Waals surface area contributed by atoms with Crippen LogP contribution in [0.5, 0.6) is 11.5 Å². The Hall–Kier alpha value is -3.96. The molecule has 0 saturated heterocycles. The lowest BCUT2D eigenvalue weighted by molar-refractivity contribution is -0.153. The van der Waals surface area contributed by atoms with Crippen molar-refractivity contribution in [3.63, 3.8) is 0 Å². The third-order valence-electron chi connectivity index (χ3n) is 4.70. The van der Waals surface area contributed by atoms with Crippen LogP contribution in [0.4, 0.5) is 27.8 Å². The number of nitrogens with zero attached hydrogens (tertiary/aromatic N) is 4. The van der Waals surface area contributed by atoms with Crippen molar-refractivity contribution in [2.45, 2.75) is 12.7 Å². The highest BCUT2D eigenvalue weighted by Crippen LogP contribution is 2.30. The lowest BCUT2D eigenvalue weighted by atomic mass is 10.1. The maximum Gasteiger partial charge on any atom is 0.422 e. The van der Waals surface area contributed by atoms with E-state index in [1.807, 2.05) is 0 Å². The average molecular weight is 465 g/mol. The van der Waals surface area contributed by atoms with Gasteiger partial charge in [-0.15, -0.1) is 0 Å². The molecule has 2 aromatic heterocycles. The van der Waals surface area contributed by atoms with E-state index in [0.717, 1.165) is 0 Å². The minimum Gasteiger partial charge on any atom is -0.491 e. The van der Waals surface area contributed by atoms with Gasteiger partial charge in [-0.3, -0.25) is 4.68 Å². The van der Waals surface area contributed by atoms with Gasteiger partial charge in [-0.2, -0.15) is 18.3 Å². The summed E-state index contributed by atoms with van der Waals surface area (Å²) in [6, 6.07) is 8.29. The van der Waals surface area contributed by atoms with Crippen LogP contribution in [-0.2, 0) is 6.54 Å². The molecule has 33 heavy (non-hydrogen) atoms. The summed E-state index contributed by atoms with van der Waals surface area (Å²) in [5.74, 6) is -2.16. The molecule has 4 rings (SSSR count). The first-order chi connectivity index (χ1) is 15.7. The van der Waals surface area contributed by atoms with E-state index >= 15 is 0 Å². The highest BCUT2D eigenvalue weighted by Gasteiger charge is 2.29. The Balaban J connectivity index is 1.71. The first-order valence-corrected chi connectivity index (χ1v) is 9.46. The zero-order valence-corrected chi connectivity index (χ0v) is 17.0. The molecule has 0 amide bonds. The molecule has 0 aliphatic rings. The number of rotatable bonds is 6. The van der Waals surface area contributed by atoms with Crippen LogP contribution in [0, 0.1) is 11.6 Å². The van der Waals surface area contributed by atoms with E-state index in [4.69, 9.17) is 10.5 Å². The van der Waals surface area contributed by atoms with Gasteiger partial charge in [-0.25, -0.2) is 18.7 Å². The predicted octanol–water partition coefficient (Wildman–Crippen LogP) is 4.35. The number of ether oxygens (including phenoxy) is 2. The van der Waals surface area contributed by atoms with Gasteiger partial charge in [0, 0.05) is 23.1 Å². The first-order valence-electron chi connectivity index (χ1n) is 9.46. The standard InChI is InChI=1S/C21H16F5N5O2/c1-32-17-8-28-20(29-19(17)27)18-12-4-2-3-5-16(12)31(30-18)9-13-14(22)6-11(7-15(13)23)33-10-21(24,25)26/h2-8H,9-10H2,1H3,(H2,27,28,29). The van der Waals surface area contributed by atoms with Gasteiger partial charge in [0.05, 0.1) is 25.4 Å². The summed E-state index contributed by atoms with van der Waals surface area (Å²) in [7, 11) is 1.42. The highest BCUT2D eigenvalue weighted by atomic mass is 19.4. The summed E-state index contributed by atoms with van der Waals surface area (Å²) >= 11 is 0. The molecule has 172 valence electrons. The number of benzene rings is 2. The largest absolute Gasteiger partial charge is 0.491 e. The monoisotopic (exact) mass is 465 g/mol. The molecule has 0 spiro atoms. The molecule has 0 aliphatic heterocycles. The summed E-state index contributed by atoms with van der Waals surface area (Å²) in [5, 5.41) is 5.01. The van der Waals surface area contributed by atoms with Gasteiger partial charge >= 0.3 is 6.18 Å². The van der Waals surface area contributed by atoms with Crippen LogP contribution in [0.2, 0.25) is 0 Å². The fraction of sp³-hybridized carbons (Fsp3) is 0.190. The lowest BCUT2D eigenvalue weighted by Crippen LogP contribution is -2.19. The predicted molar refractivity (Wildman–Crippen MR) is 109 cm³/mol. The summed E-state index contributed by atoms with van der Waals surface area (Å²) in [6.07, 6.45) is -3.26. The van der Waals surface area contributed by atoms with Crippen LogP contribution >= 0.6 is 0 Å². The number of nitrogen functional groups attached to an aromatic ring is 1. The number of alkyl halides is 3. The van der Waals surface area contributed by atoms with Crippen molar-refractivity contribution in [2.24, 2.45) is 0 Å². The number of aromatic nitrogens is 4. The second-order valence-electron chi connectivity index (χ2n) is 6.94. The number of hydrogen-bond acceptors (Lipinski definition) is 6. The molecule has 0 aliphatic carbocycles. The van der Waals surface area contributed by atoms with Gasteiger partial charge in [0.2, 0.25) is 0 Å². The summed E-state index contributed by atoms with van der Waals surface area (Å²) < 4.78 is 76.9. The third-order valence-corrected chi connectivity index (χ3v) is 4.70. The van der Waals surface area contributed by atoms with E-state index in [-0.39, 0.29) is 23.9 Å². The second kappa shape index (κ2) is 8.52. The number of hydrogen-bond donors (Lipinski definition) is 1. The van der Waals surface area contributed by atoms with Crippen molar-refractivity contribution >= 4 is 16.7 Å². The molecule has 0 saturated carbocycles. The molecule has 12 heteroatoms. The number of halogens is 5. The number of nitrogens with two attached hydrogens (primary N) is 1. The Morgan fingerprint density at radius 1 is 1.09 bits per heavy atom. The maximum absolute atomic E-state index is 14.6. The zero-order chi connectivity index (χ0) is 23.8. The van der Waals surface area contributed by atoms with Crippen LogP contribution in [0.3, 0.4) is 0 Å². The van der Waals surface area contributed by atoms with Crippen molar-refractivity contribution in [3.05, 3.63) is 59.8 Å². The topological polar surface area (TPSA) is 88.1 Å². The Kier molecular flexibility index (Phi) is 5.75. The van der Waals surface area contributed by atoms with Gasteiger partial charge in [-0.05, 0) is 6.07 Å². The molecule has 0 atom stereocenters. The van der Waals surface area contributed by atoms with E-state index in [9.17, 15) is 22.0 Å². The summed E-state index contributed by atoms with van der Waals surface area (Å²) in [5.41, 5.74) is 6.31. The fourth-order valence-electron chi connectivity index (χ4n) is 3.20. The minimum atomic E-state index is -4.64. The van der Waals surface area contributed by atoms with Crippen LogP contribution in [0.15, 0.2) is 42.6 Å². The van der Waals surface area contributed by atoms with Crippen LogP contribution in [-0.4, -0.2) is 39.6 Å². The summed E-state index contributed by atoms with van der Waals surface area (Å²) in [4.78, 5) is 8.37. The van der Waals surface area contributed by atoms with Crippen molar-refractivity contribution in [1.29, 1.82) is 0 Å². The molecule has 0 bridgehead atoms. The van der Waals surface area contributed by atoms with E-state index < -0.39 is 35.7 Å². The number of fused-ring (bicyclic) bond motifs is 1. The molecule has 0 fully saturated rings. The van der Waals surface area contributed by atoms with E-state index in [2.05, 4.69) is 19.8 Å². The Labute approximate surface area is 183 Å². The molecule has 2 aromatic carbocycles. The van der Waals surface area contributed by atoms with Crippen molar-refractivity contribution in [2.75, 3.05) is 19.5 Å². The number of methoxy groups -OCH3 is 1. The molecular formula is C21H16F5N5O2. The number of anilines is 1. The van der Waals surface area contributed by atoms with Gasteiger partial charge in [0.25, 0.3) is 0 Å². The smallest absolute Gasteiger partial charge is 0.422 e. The average Bonchev–Trinajstić information content (AvgIpc) is 3.13. The molecular weight excluding hydrogens is 449 g/mol. The highest BCUT2D eigenvalue weighted by molar-refractivity contribution is 5.91. The third kappa shape index (κ3) is 4.64. The van der Waals surface area contributed by atoms with E-state index in [1.54, 1.807) is 24.3 Å². The SMILES string of the molecule is COc1cnc(-c2nn(Cc3c(F)cc(OCC(F)(F)F)cc3F)c3ccccc23)nc1N. The molecule has 0 radical (unpaired) electrons. The normalized spacial score (nSPS) is 11.7. The van der Waals surface area contributed by atoms with E-state index in [0.29, 0.717) is 28.7 Å². The molecule has 0 unspecified atom stereocenters. The molecule has 2 heterocycles. The van der Waals surface area contributed by atoms with Crippen molar-refractivity contribution in [3.8, 4) is 23.0 Å². The van der Waals surface area contributed by atoms with Crippen molar-refractivity contribution in [1.82, 2.24) is 19.7 Å². The first kappa shape index (κ1) is 22.2. The Morgan fingerprint density at radius 2 is 1.79 bits per heavy atom. The van der Waals surface area contributed by atoms with Gasteiger partial charge < -0.3 is 15.2 Å². The molecule has 7 nitrogen and oxygen atoms in total. The van der Waals surface area contributed by atoms with Crippen LogP contribution < -0.4 is 15.2 Å². The quantitative estimate of drug-likeness (QED) is 0.426. The van der Waals surface area contributed by atoms with Crippen LogP contribution in [0.1, 0.15) is 5.56 Å². The van der Waals surface area contributed by atoms with Gasteiger partial charge in [0.1, 0.15) is 23.1 Å². The lowest BCUT2D eigenvalue weighted by Gasteiger charge is -2.12. The summed E-state index contributed by atoms with van der Waals surface area (Å²) in [6.45, 7) is -2.01. The molecule has 2 N–H and O–H groups in total. The number of para-hydroxylation sites is 1. The minimum absolute atomic E-state index is 0.0904. The molecule has 4 aromatic rings. The van der Waals surface area contributed by atoms with Gasteiger partial charge in [0.15, 0.2) is 24.0 Å². The Morgan fingerprint density at radius 3 is 2.42 bits per heavy atom. The zero-order valence-electron chi connectivity index (χ0n) is 17.0. The fourth-order valence-corrected chi connectivity index (χ4v) is 3.20. The van der Waals surface area contributed by atoms with Gasteiger partial charge in [-0.1, -0.05) is 18.2 Å².